The molecule has 0 amide bonds. The minimum Gasteiger partial charge on any atom is -0.324 e. The Hall–Kier alpha value is -1.82. The lowest BCUT2D eigenvalue weighted by molar-refractivity contribution is -0.141. The van der Waals surface area contributed by atoms with Crippen LogP contribution in [0.4, 0.5) is 13.2 Å². The molecule has 102 valence electrons. The van der Waals surface area contributed by atoms with Crippen LogP contribution in [0.1, 0.15) is 17.3 Å². The van der Waals surface area contributed by atoms with Crippen molar-refractivity contribution in [2.75, 3.05) is 0 Å². The molecule has 0 spiro atoms. The molecule has 2 aromatic rings. The second kappa shape index (κ2) is 5.44. The lowest BCUT2D eigenvalue weighted by Gasteiger charge is -2.16. The number of imidazole rings is 1. The van der Waals surface area contributed by atoms with Gasteiger partial charge >= 0.3 is 6.18 Å². The van der Waals surface area contributed by atoms with Crippen LogP contribution in [0.15, 0.2) is 42.9 Å². The molecule has 0 saturated heterocycles. The molecule has 19 heavy (non-hydrogen) atoms. The van der Waals surface area contributed by atoms with Crippen molar-refractivity contribution in [3.05, 3.63) is 54.1 Å². The number of benzene rings is 1. The number of hydrogen-bond acceptors (Lipinski definition) is 2. The number of hydrogen-bond donors (Lipinski definition) is 1. The summed E-state index contributed by atoms with van der Waals surface area (Å²) < 4.78 is 38.2. The largest absolute Gasteiger partial charge is 0.406 e. The summed E-state index contributed by atoms with van der Waals surface area (Å²) in [4.78, 5) is 3.75. The van der Waals surface area contributed by atoms with E-state index in [1.807, 2.05) is 30.3 Å². The molecular formula is C13H14F3N3. The molecule has 0 unspecified atom stereocenters. The van der Waals surface area contributed by atoms with Crippen molar-refractivity contribution in [3.8, 4) is 0 Å². The summed E-state index contributed by atoms with van der Waals surface area (Å²) in [5.41, 5.74) is 7.33. The number of aromatic nitrogens is 2. The van der Waals surface area contributed by atoms with Gasteiger partial charge in [-0.1, -0.05) is 30.3 Å². The summed E-state index contributed by atoms with van der Waals surface area (Å²) in [7, 11) is 0. The van der Waals surface area contributed by atoms with Crippen LogP contribution in [0, 0.1) is 0 Å². The Kier molecular flexibility index (Phi) is 3.90. The molecule has 0 aliphatic heterocycles. The zero-order chi connectivity index (χ0) is 13.9. The number of halogens is 3. The molecule has 0 radical (unpaired) electrons. The highest BCUT2D eigenvalue weighted by atomic mass is 19.4. The summed E-state index contributed by atoms with van der Waals surface area (Å²) in [6.45, 7) is -1.06. The maximum Gasteiger partial charge on any atom is 0.406 e. The Morgan fingerprint density at radius 2 is 1.89 bits per heavy atom. The number of alkyl halides is 3. The van der Waals surface area contributed by atoms with E-state index in [4.69, 9.17) is 5.73 Å². The van der Waals surface area contributed by atoms with Gasteiger partial charge in [-0.2, -0.15) is 13.2 Å². The zero-order valence-electron chi connectivity index (χ0n) is 10.1. The highest BCUT2D eigenvalue weighted by Gasteiger charge is 2.29. The second-order valence-corrected chi connectivity index (χ2v) is 4.36. The average molecular weight is 269 g/mol. The van der Waals surface area contributed by atoms with Gasteiger partial charge in [-0.25, -0.2) is 4.98 Å². The van der Waals surface area contributed by atoms with Crippen molar-refractivity contribution in [1.82, 2.24) is 9.55 Å². The fraction of sp³-hybridized carbons (Fsp3) is 0.308. The molecule has 0 saturated carbocycles. The van der Waals surface area contributed by atoms with E-state index in [0.29, 0.717) is 12.1 Å². The highest BCUT2D eigenvalue weighted by Crippen LogP contribution is 2.21. The molecule has 0 aliphatic carbocycles. The normalized spacial score (nSPS) is 13.5. The van der Waals surface area contributed by atoms with Crippen molar-refractivity contribution in [1.29, 1.82) is 0 Å². The standard InChI is InChI=1S/C13H14F3N3/c14-13(15,16)8-19-9-18-7-12(19)11(17)6-10-4-2-1-3-5-10/h1-5,7,9,11H,6,8,17H2/t11-/m1/s1. The molecule has 1 aromatic heterocycles. The maximum absolute atomic E-state index is 12.4. The van der Waals surface area contributed by atoms with Gasteiger partial charge in [0.15, 0.2) is 0 Å². The monoisotopic (exact) mass is 269 g/mol. The van der Waals surface area contributed by atoms with E-state index < -0.39 is 18.8 Å². The molecule has 0 bridgehead atoms. The van der Waals surface area contributed by atoms with Gasteiger partial charge in [0, 0.05) is 6.20 Å². The molecule has 0 fully saturated rings. The SMILES string of the molecule is N[C@H](Cc1ccccc1)c1cncn1CC(F)(F)F. The summed E-state index contributed by atoms with van der Waals surface area (Å²) >= 11 is 0. The van der Waals surface area contributed by atoms with E-state index in [-0.39, 0.29) is 0 Å². The quantitative estimate of drug-likeness (QED) is 0.927. The molecule has 1 aromatic carbocycles. The van der Waals surface area contributed by atoms with E-state index in [1.54, 1.807) is 0 Å². The molecule has 6 heteroatoms. The minimum atomic E-state index is -4.28. The molecule has 0 aliphatic rings. The van der Waals surface area contributed by atoms with Gasteiger partial charge in [-0.05, 0) is 12.0 Å². The Morgan fingerprint density at radius 1 is 1.21 bits per heavy atom. The van der Waals surface area contributed by atoms with Crippen LogP contribution in [0.3, 0.4) is 0 Å². The molecule has 3 nitrogen and oxygen atoms in total. The summed E-state index contributed by atoms with van der Waals surface area (Å²) in [5.74, 6) is 0. The highest BCUT2D eigenvalue weighted by molar-refractivity contribution is 5.18. The van der Waals surface area contributed by atoms with Crippen LogP contribution in [0.2, 0.25) is 0 Å². The van der Waals surface area contributed by atoms with Crippen LogP contribution < -0.4 is 5.73 Å². The first-order valence-corrected chi connectivity index (χ1v) is 5.82. The fourth-order valence-electron chi connectivity index (χ4n) is 1.94. The fourth-order valence-corrected chi connectivity index (χ4v) is 1.94. The third kappa shape index (κ3) is 3.82. The first kappa shape index (κ1) is 13.6. The van der Waals surface area contributed by atoms with Gasteiger partial charge in [-0.15, -0.1) is 0 Å². The maximum atomic E-state index is 12.4. The van der Waals surface area contributed by atoms with Gasteiger partial charge in [0.05, 0.1) is 18.1 Å². The van der Waals surface area contributed by atoms with Crippen molar-refractivity contribution in [2.24, 2.45) is 5.73 Å². The first-order valence-electron chi connectivity index (χ1n) is 5.82. The Labute approximate surface area is 108 Å². The first-order chi connectivity index (χ1) is 8.96. The third-order valence-corrected chi connectivity index (χ3v) is 2.77. The summed E-state index contributed by atoms with van der Waals surface area (Å²) in [6, 6.07) is 8.90. The van der Waals surface area contributed by atoms with Crippen molar-refractivity contribution < 1.29 is 13.2 Å². The Balaban J connectivity index is 2.12. The van der Waals surface area contributed by atoms with E-state index in [0.717, 1.165) is 16.5 Å². The predicted molar refractivity (Wildman–Crippen MR) is 65.4 cm³/mol. The smallest absolute Gasteiger partial charge is 0.324 e. The van der Waals surface area contributed by atoms with Gasteiger partial charge in [0.2, 0.25) is 0 Å². The number of nitrogens with zero attached hydrogens (tertiary/aromatic N) is 2. The molecule has 2 rings (SSSR count). The van der Waals surface area contributed by atoms with Gasteiger partial charge in [0.25, 0.3) is 0 Å². The van der Waals surface area contributed by atoms with Crippen molar-refractivity contribution in [3.63, 3.8) is 0 Å². The van der Waals surface area contributed by atoms with Crippen molar-refractivity contribution >= 4 is 0 Å². The summed E-state index contributed by atoms with van der Waals surface area (Å²) in [5, 5.41) is 0. The van der Waals surface area contributed by atoms with Gasteiger partial charge in [0.1, 0.15) is 6.54 Å². The lowest BCUT2D eigenvalue weighted by atomic mass is 10.0. The minimum absolute atomic E-state index is 0.390. The van der Waals surface area contributed by atoms with Gasteiger partial charge in [-0.3, -0.25) is 0 Å². The number of nitrogens with two attached hydrogens (primary N) is 1. The zero-order valence-corrected chi connectivity index (χ0v) is 10.1. The van der Waals surface area contributed by atoms with E-state index in [2.05, 4.69) is 4.98 Å². The van der Waals surface area contributed by atoms with Crippen LogP contribution in [0.25, 0.3) is 0 Å². The molecule has 1 atom stereocenters. The lowest BCUT2D eigenvalue weighted by Crippen LogP contribution is -2.23. The Morgan fingerprint density at radius 3 is 2.53 bits per heavy atom. The third-order valence-electron chi connectivity index (χ3n) is 2.77. The van der Waals surface area contributed by atoms with E-state index >= 15 is 0 Å². The average Bonchev–Trinajstić information content (AvgIpc) is 2.76. The van der Waals surface area contributed by atoms with Crippen LogP contribution >= 0.6 is 0 Å². The predicted octanol–water partition coefficient (Wildman–Crippen LogP) is 2.69. The topological polar surface area (TPSA) is 43.8 Å². The second-order valence-electron chi connectivity index (χ2n) is 4.36. The molecule has 1 heterocycles. The Bertz CT molecular complexity index is 519. The van der Waals surface area contributed by atoms with Crippen LogP contribution in [-0.4, -0.2) is 15.7 Å². The number of rotatable bonds is 4. The van der Waals surface area contributed by atoms with E-state index in [9.17, 15) is 13.2 Å². The van der Waals surface area contributed by atoms with E-state index in [1.165, 1.54) is 6.20 Å². The van der Waals surface area contributed by atoms with Gasteiger partial charge < -0.3 is 10.3 Å². The molecule has 2 N–H and O–H groups in total. The van der Waals surface area contributed by atoms with Crippen LogP contribution in [0.5, 0.6) is 0 Å². The molecular weight excluding hydrogens is 255 g/mol. The summed E-state index contributed by atoms with van der Waals surface area (Å²) in [6.07, 6.45) is -1.25. The van der Waals surface area contributed by atoms with Crippen LogP contribution in [-0.2, 0) is 13.0 Å². The van der Waals surface area contributed by atoms with Crippen molar-refractivity contribution in [2.45, 2.75) is 25.2 Å².